The van der Waals surface area contributed by atoms with Gasteiger partial charge in [-0.15, -0.1) is 0 Å². The Labute approximate surface area is 154 Å². The maximum atomic E-state index is 10.0. The van der Waals surface area contributed by atoms with Gasteiger partial charge in [0.25, 0.3) is 0 Å². The molecule has 2 saturated heterocycles. The number of anilines is 1. The number of aromatic nitrogens is 1. The van der Waals surface area contributed by atoms with Crippen LogP contribution >= 0.6 is 0 Å². The standard InChI is InChI=1S/C20H27N3O3/c1-15-2-3-16-11-17(12-22-4-7-26-14-18(24)13-22)20(21-19(16)10-15)23-5-8-25-9-6-23/h2-3,10-11,18,24H,4-9,12-14H2,1H3/t18-/m1/s1. The van der Waals surface area contributed by atoms with Crippen LogP contribution in [0.15, 0.2) is 24.3 Å². The molecule has 2 fully saturated rings. The van der Waals surface area contributed by atoms with Crippen LogP contribution in [0, 0.1) is 6.92 Å². The Morgan fingerprint density at radius 1 is 1.12 bits per heavy atom. The Morgan fingerprint density at radius 3 is 2.77 bits per heavy atom. The molecule has 26 heavy (non-hydrogen) atoms. The molecule has 0 unspecified atom stereocenters. The Morgan fingerprint density at radius 2 is 1.92 bits per heavy atom. The van der Waals surface area contributed by atoms with Crippen molar-refractivity contribution >= 4 is 16.7 Å². The normalized spacial score (nSPS) is 22.5. The van der Waals surface area contributed by atoms with Gasteiger partial charge in [-0.25, -0.2) is 4.98 Å². The lowest BCUT2D eigenvalue weighted by molar-refractivity contribution is 0.0562. The van der Waals surface area contributed by atoms with E-state index in [0.29, 0.717) is 19.8 Å². The lowest BCUT2D eigenvalue weighted by atomic mass is 10.1. The molecule has 6 nitrogen and oxygen atoms in total. The summed E-state index contributed by atoms with van der Waals surface area (Å²) in [6.07, 6.45) is -0.430. The van der Waals surface area contributed by atoms with Crippen LogP contribution < -0.4 is 4.90 Å². The van der Waals surface area contributed by atoms with Gasteiger partial charge in [-0.05, 0) is 24.6 Å². The smallest absolute Gasteiger partial charge is 0.133 e. The summed E-state index contributed by atoms with van der Waals surface area (Å²) >= 11 is 0. The van der Waals surface area contributed by atoms with Gasteiger partial charge in [-0.1, -0.05) is 12.1 Å². The molecule has 3 heterocycles. The molecule has 0 spiro atoms. The van der Waals surface area contributed by atoms with Crippen molar-refractivity contribution in [3.8, 4) is 0 Å². The van der Waals surface area contributed by atoms with E-state index >= 15 is 0 Å². The Bertz CT molecular complexity index is 761. The van der Waals surface area contributed by atoms with Gasteiger partial charge in [0.1, 0.15) is 5.82 Å². The number of morpholine rings is 1. The SMILES string of the molecule is Cc1ccc2cc(CN3CCOC[C@H](O)C3)c(N3CCOCC3)nc2c1. The van der Waals surface area contributed by atoms with Crippen molar-refractivity contribution in [2.45, 2.75) is 19.6 Å². The van der Waals surface area contributed by atoms with Crippen LogP contribution in [-0.4, -0.2) is 73.7 Å². The van der Waals surface area contributed by atoms with Crippen LogP contribution in [0.4, 0.5) is 5.82 Å². The van der Waals surface area contributed by atoms with E-state index in [2.05, 4.69) is 41.0 Å². The summed E-state index contributed by atoms with van der Waals surface area (Å²) in [6, 6.07) is 8.67. The van der Waals surface area contributed by atoms with E-state index in [-0.39, 0.29) is 0 Å². The number of hydrogen-bond donors (Lipinski definition) is 1. The molecule has 4 rings (SSSR count). The fraction of sp³-hybridized carbons (Fsp3) is 0.550. The van der Waals surface area contributed by atoms with Crippen LogP contribution in [0.2, 0.25) is 0 Å². The van der Waals surface area contributed by atoms with Gasteiger partial charge in [0, 0.05) is 43.7 Å². The number of aliphatic hydroxyl groups excluding tert-OH is 1. The quantitative estimate of drug-likeness (QED) is 0.900. The average molecular weight is 357 g/mol. The summed E-state index contributed by atoms with van der Waals surface area (Å²) in [7, 11) is 0. The van der Waals surface area contributed by atoms with Gasteiger partial charge >= 0.3 is 0 Å². The fourth-order valence-electron chi connectivity index (χ4n) is 3.72. The minimum Gasteiger partial charge on any atom is -0.389 e. The largest absolute Gasteiger partial charge is 0.389 e. The van der Waals surface area contributed by atoms with Crippen molar-refractivity contribution in [1.29, 1.82) is 0 Å². The number of rotatable bonds is 3. The second kappa shape index (κ2) is 7.88. The third-order valence-corrected chi connectivity index (χ3v) is 5.06. The predicted octanol–water partition coefficient (Wildman–Crippen LogP) is 1.57. The first kappa shape index (κ1) is 17.7. The Balaban J connectivity index is 1.69. The molecule has 6 heteroatoms. The number of aliphatic hydroxyl groups is 1. The molecule has 0 radical (unpaired) electrons. The number of nitrogens with zero attached hydrogens (tertiary/aromatic N) is 3. The van der Waals surface area contributed by atoms with Crippen molar-refractivity contribution < 1.29 is 14.6 Å². The molecule has 1 aromatic heterocycles. The number of benzene rings is 1. The third kappa shape index (κ3) is 3.99. The molecule has 0 saturated carbocycles. The second-order valence-corrected chi connectivity index (χ2v) is 7.23. The van der Waals surface area contributed by atoms with E-state index in [0.717, 1.165) is 56.1 Å². The van der Waals surface area contributed by atoms with E-state index in [1.807, 2.05) is 0 Å². The maximum absolute atomic E-state index is 10.0. The molecular weight excluding hydrogens is 330 g/mol. The highest BCUT2D eigenvalue weighted by molar-refractivity contribution is 5.82. The van der Waals surface area contributed by atoms with Crippen LogP contribution in [0.1, 0.15) is 11.1 Å². The molecule has 0 bridgehead atoms. The maximum Gasteiger partial charge on any atom is 0.133 e. The first-order valence-corrected chi connectivity index (χ1v) is 9.40. The summed E-state index contributed by atoms with van der Waals surface area (Å²) in [5, 5.41) is 11.2. The molecule has 1 N–H and O–H groups in total. The van der Waals surface area contributed by atoms with Crippen LogP contribution in [0.5, 0.6) is 0 Å². The Hall–Kier alpha value is -1.73. The van der Waals surface area contributed by atoms with Crippen LogP contribution in [0.3, 0.4) is 0 Å². The molecule has 140 valence electrons. The highest BCUT2D eigenvalue weighted by atomic mass is 16.5. The van der Waals surface area contributed by atoms with Crippen molar-refractivity contribution in [2.75, 3.05) is 57.5 Å². The summed E-state index contributed by atoms with van der Waals surface area (Å²) in [5.74, 6) is 1.05. The summed E-state index contributed by atoms with van der Waals surface area (Å²) < 4.78 is 11.0. The fourth-order valence-corrected chi connectivity index (χ4v) is 3.72. The number of aryl methyl sites for hydroxylation is 1. The highest BCUT2D eigenvalue weighted by Gasteiger charge is 2.21. The van der Waals surface area contributed by atoms with Gasteiger partial charge in [-0.3, -0.25) is 4.90 Å². The number of ether oxygens (including phenoxy) is 2. The number of pyridine rings is 1. The summed E-state index contributed by atoms with van der Waals surface area (Å²) in [5.41, 5.74) is 3.46. The topological polar surface area (TPSA) is 58.1 Å². The summed E-state index contributed by atoms with van der Waals surface area (Å²) in [4.78, 5) is 9.60. The lowest BCUT2D eigenvalue weighted by Gasteiger charge is -2.31. The molecule has 1 aromatic carbocycles. The first-order chi connectivity index (χ1) is 12.7. The molecule has 1 atom stereocenters. The van der Waals surface area contributed by atoms with Crippen molar-refractivity contribution in [1.82, 2.24) is 9.88 Å². The van der Waals surface area contributed by atoms with E-state index in [9.17, 15) is 5.11 Å². The number of hydrogen-bond acceptors (Lipinski definition) is 6. The van der Waals surface area contributed by atoms with Gasteiger partial charge in [0.2, 0.25) is 0 Å². The molecule has 2 aliphatic heterocycles. The molecule has 2 aromatic rings. The molecule has 0 amide bonds. The Kier molecular flexibility index (Phi) is 5.36. The van der Waals surface area contributed by atoms with E-state index in [4.69, 9.17) is 14.5 Å². The number of fused-ring (bicyclic) bond motifs is 1. The van der Waals surface area contributed by atoms with E-state index in [1.54, 1.807) is 0 Å². The van der Waals surface area contributed by atoms with Crippen molar-refractivity contribution in [2.24, 2.45) is 0 Å². The van der Waals surface area contributed by atoms with Gasteiger partial charge in [-0.2, -0.15) is 0 Å². The van der Waals surface area contributed by atoms with Crippen LogP contribution in [-0.2, 0) is 16.0 Å². The second-order valence-electron chi connectivity index (χ2n) is 7.23. The minimum absolute atomic E-state index is 0.419. The van der Waals surface area contributed by atoms with Gasteiger partial charge in [0.05, 0.1) is 38.0 Å². The minimum atomic E-state index is -0.430. The van der Waals surface area contributed by atoms with Gasteiger partial charge < -0.3 is 19.5 Å². The highest BCUT2D eigenvalue weighted by Crippen LogP contribution is 2.26. The predicted molar refractivity (Wildman–Crippen MR) is 102 cm³/mol. The van der Waals surface area contributed by atoms with Gasteiger partial charge in [0.15, 0.2) is 0 Å². The molecule has 2 aliphatic rings. The zero-order valence-electron chi connectivity index (χ0n) is 15.4. The first-order valence-electron chi connectivity index (χ1n) is 9.40. The van der Waals surface area contributed by atoms with Crippen LogP contribution in [0.25, 0.3) is 10.9 Å². The average Bonchev–Trinajstić information content (AvgIpc) is 2.86. The van der Waals surface area contributed by atoms with E-state index < -0.39 is 6.10 Å². The zero-order chi connectivity index (χ0) is 17.9. The molecular formula is C20H27N3O3. The lowest BCUT2D eigenvalue weighted by Crippen LogP contribution is -2.38. The molecule has 0 aliphatic carbocycles. The van der Waals surface area contributed by atoms with Crippen molar-refractivity contribution in [3.63, 3.8) is 0 Å². The number of β-amino-alcohol motifs (C(OH)–C–C–N with tert-alkyl or cyclic N) is 1. The van der Waals surface area contributed by atoms with Crippen molar-refractivity contribution in [3.05, 3.63) is 35.4 Å². The summed E-state index contributed by atoms with van der Waals surface area (Å²) in [6.45, 7) is 8.61. The monoisotopic (exact) mass is 357 g/mol. The third-order valence-electron chi connectivity index (χ3n) is 5.06. The zero-order valence-corrected chi connectivity index (χ0v) is 15.4. The van der Waals surface area contributed by atoms with E-state index in [1.165, 1.54) is 11.1 Å².